The van der Waals surface area contributed by atoms with Gasteiger partial charge in [0.2, 0.25) is 0 Å². The van der Waals surface area contributed by atoms with Crippen LogP contribution in [0.2, 0.25) is 0 Å². The largest absolute Gasteiger partial charge is 0.481 e. The molecule has 0 spiro atoms. The Labute approximate surface area is 220 Å². The molecule has 1 heterocycles. The van der Waals surface area contributed by atoms with Crippen molar-refractivity contribution < 1.29 is 24.5 Å². The minimum Gasteiger partial charge on any atom is -0.481 e. The van der Waals surface area contributed by atoms with Crippen molar-refractivity contribution in [1.82, 2.24) is 4.90 Å². The molecule has 1 saturated carbocycles. The van der Waals surface area contributed by atoms with Crippen molar-refractivity contribution in [3.63, 3.8) is 0 Å². The molecule has 2 aromatic carbocycles. The Morgan fingerprint density at radius 3 is 2.43 bits per heavy atom. The number of aliphatic carboxylic acids is 1. The average molecular weight is 508 g/mol. The van der Waals surface area contributed by atoms with E-state index in [0.29, 0.717) is 25.7 Å². The summed E-state index contributed by atoms with van der Waals surface area (Å²) in [5.74, 6) is -0.776. The van der Waals surface area contributed by atoms with Crippen LogP contribution in [0.4, 0.5) is 0 Å². The molecule has 0 aromatic heterocycles. The van der Waals surface area contributed by atoms with E-state index in [2.05, 4.69) is 29.2 Å². The summed E-state index contributed by atoms with van der Waals surface area (Å²) in [6.07, 6.45) is 11.7. The molecule has 1 aliphatic carbocycles. The fourth-order valence-corrected chi connectivity index (χ4v) is 5.61. The highest BCUT2D eigenvalue weighted by Crippen LogP contribution is 2.32. The number of hydrogen-bond acceptors (Lipinski definition) is 5. The van der Waals surface area contributed by atoms with Crippen LogP contribution < -0.4 is 0 Å². The molecule has 6 heteroatoms. The van der Waals surface area contributed by atoms with Crippen LogP contribution in [0.5, 0.6) is 0 Å². The number of carboxylic acid groups (broad SMARTS) is 1. The molecule has 1 unspecified atom stereocenters. The van der Waals surface area contributed by atoms with E-state index in [4.69, 9.17) is 14.6 Å². The molecule has 200 valence electrons. The summed E-state index contributed by atoms with van der Waals surface area (Å²) in [5, 5.41) is 18.5. The van der Waals surface area contributed by atoms with Gasteiger partial charge < -0.3 is 19.7 Å². The first-order chi connectivity index (χ1) is 18.2. The number of carboxylic acids is 1. The maximum absolute atomic E-state index is 10.7. The topological polar surface area (TPSA) is 79.2 Å². The molecule has 3 atom stereocenters. The number of rotatable bonds is 12. The maximum atomic E-state index is 10.7. The molecule has 0 bridgehead atoms. The van der Waals surface area contributed by atoms with Crippen molar-refractivity contribution in [3.05, 3.63) is 71.8 Å². The van der Waals surface area contributed by atoms with Gasteiger partial charge in [0, 0.05) is 12.5 Å². The van der Waals surface area contributed by atoms with Gasteiger partial charge in [-0.15, -0.1) is 0 Å². The van der Waals surface area contributed by atoms with E-state index >= 15 is 0 Å². The Hall–Kier alpha value is -2.51. The molecule has 4 rings (SSSR count). The zero-order valence-electron chi connectivity index (χ0n) is 21.8. The van der Waals surface area contributed by atoms with Gasteiger partial charge in [0.25, 0.3) is 0 Å². The third-order valence-electron chi connectivity index (χ3n) is 7.60. The fourth-order valence-electron chi connectivity index (χ4n) is 5.61. The van der Waals surface area contributed by atoms with Crippen molar-refractivity contribution in [2.45, 2.75) is 82.8 Å². The highest BCUT2D eigenvalue weighted by atomic mass is 16.5. The fraction of sp³-hybridized carbons (Fsp3) is 0.516. The second kappa shape index (κ2) is 14.4. The predicted octanol–water partition coefficient (Wildman–Crippen LogP) is 5.58. The van der Waals surface area contributed by atoms with E-state index in [-0.39, 0.29) is 25.2 Å². The standard InChI is InChI=1S/C31H41NO5/c33-22-26-10-5-6-11-27(26)25-15-13-24(14-16-25)23-37-29-18-17-28(32-19-7-1-2-8-20-32)31(29)36-21-9-3-4-12-30(34)35/h3,5-6,9-11,13-16,28-29,31,33H,1-2,4,7-8,12,17-23H2,(H,34,35)/b9-3-/t28-,29?,31+/m0/s1. The molecule has 1 aliphatic heterocycles. The lowest BCUT2D eigenvalue weighted by atomic mass is 9.99. The summed E-state index contributed by atoms with van der Waals surface area (Å²) in [6, 6.07) is 16.7. The van der Waals surface area contributed by atoms with Crippen LogP contribution in [-0.2, 0) is 27.5 Å². The van der Waals surface area contributed by atoms with E-state index in [0.717, 1.165) is 48.2 Å². The number of hydrogen-bond donors (Lipinski definition) is 2. The van der Waals surface area contributed by atoms with E-state index in [1.165, 1.54) is 25.7 Å². The molecule has 37 heavy (non-hydrogen) atoms. The number of nitrogens with zero attached hydrogens (tertiary/aromatic N) is 1. The zero-order chi connectivity index (χ0) is 25.9. The Kier molecular flexibility index (Phi) is 10.7. The number of aliphatic hydroxyl groups excluding tert-OH is 1. The van der Waals surface area contributed by atoms with Crippen LogP contribution in [0.1, 0.15) is 62.5 Å². The zero-order valence-corrected chi connectivity index (χ0v) is 21.8. The molecule has 0 amide bonds. The van der Waals surface area contributed by atoms with Gasteiger partial charge in [0.15, 0.2) is 0 Å². The second-order valence-corrected chi connectivity index (χ2v) is 10.2. The van der Waals surface area contributed by atoms with Crippen molar-refractivity contribution in [2.24, 2.45) is 0 Å². The van der Waals surface area contributed by atoms with Gasteiger partial charge in [-0.25, -0.2) is 0 Å². The van der Waals surface area contributed by atoms with Gasteiger partial charge in [-0.2, -0.15) is 0 Å². The van der Waals surface area contributed by atoms with Gasteiger partial charge in [0.1, 0.15) is 0 Å². The smallest absolute Gasteiger partial charge is 0.303 e. The molecule has 2 aromatic rings. The molecule has 6 nitrogen and oxygen atoms in total. The van der Waals surface area contributed by atoms with Crippen LogP contribution >= 0.6 is 0 Å². The Bertz CT molecular complexity index is 997. The van der Waals surface area contributed by atoms with Crippen molar-refractivity contribution in [3.8, 4) is 11.1 Å². The minimum absolute atomic E-state index is 0.0120. The van der Waals surface area contributed by atoms with E-state index in [1.807, 2.05) is 36.4 Å². The first kappa shape index (κ1) is 27.5. The van der Waals surface area contributed by atoms with Crippen LogP contribution in [0, 0.1) is 0 Å². The molecule has 2 fully saturated rings. The molecule has 2 N–H and O–H groups in total. The minimum atomic E-state index is -0.776. The van der Waals surface area contributed by atoms with Crippen LogP contribution in [0.3, 0.4) is 0 Å². The first-order valence-electron chi connectivity index (χ1n) is 13.8. The summed E-state index contributed by atoms with van der Waals surface area (Å²) < 4.78 is 12.9. The first-order valence-corrected chi connectivity index (χ1v) is 13.8. The lowest BCUT2D eigenvalue weighted by molar-refractivity contribution is -0.136. The Morgan fingerprint density at radius 2 is 1.70 bits per heavy atom. The highest BCUT2D eigenvalue weighted by Gasteiger charge is 2.40. The quantitative estimate of drug-likeness (QED) is 0.366. The monoisotopic (exact) mass is 507 g/mol. The van der Waals surface area contributed by atoms with Crippen molar-refractivity contribution >= 4 is 5.97 Å². The second-order valence-electron chi connectivity index (χ2n) is 10.2. The Balaban J connectivity index is 1.37. The number of benzene rings is 2. The molecular weight excluding hydrogens is 466 g/mol. The lowest BCUT2D eigenvalue weighted by Gasteiger charge is -2.33. The van der Waals surface area contributed by atoms with Crippen LogP contribution in [0.15, 0.2) is 60.7 Å². The maximum Gasteiger partial charge on any atom is 0.303 e. The normalized spacial score (nSPS) is 22.9. The third-order valence-corrected chi connectivity index (χ3v) is 7.60. The van der Waals surface area contributed by atoms with Crippen molar-refractivity contribution in [2.75, 3.05) is 19.7 Å². The number of ether oxygens (including phenoxy) is 2. The number of allylic oxidation sites excluding steroid dienone is 1. The van der Waals surface area contributed by atoms with Crippen LogP contribution in [0.25, 0.3) is 11.1 Å². The van der Waals surface area contributed by atoms with E-state index < -0.39 is 5.97 Å². The molecule has 0 radical (unpaired) electrons. The van der Waals surface area contributed by atoms with E-state index in [9.17, 15) is 9.90 Å². The summed E-state index contributed by atoms with van der Waals surface area (Å²) in [4.78, 5) is 13.4. The lowest BCUT2D eigenvalue weighted by Crippen LogP contribution is -2.45. The SMILES string of the molecule is O=C(O)CC/C=C\CO[C@H]1C(OCc2ccc(-c3ccccc3CO)cc2)CC[C@@H]1N1CCCCCC1. The molecule has 1 saturated heterocycles. The number of likely N-dealkylation sites (tertiary alicyclic amines) is 1. The molecule has 2 aliphatic rings. The highest BCUT2D eigenvalue weighted by molar-refractivity contribution is 5.67. The van der Waals surface area contributed by atoms with Gasteiger partial charge in [-0.05, 0) is 67.4 Å². The predicted molar refractivity (Wildman–Crippen MR) is 145 cm³/mol. The van der Waals surface area contributed by atoms with Gasteiger partial charge in [-0.3, -0.25) is 9.69 Å². The summed E-state index contributed by atoms with van der Waals surface area (Å²) in [5.41, 5.74) is 4.19. The van der Waals surface area contributed by atoms with Gasteiger partial charge >= 0.3 is 5.97 Å². The molecular formula is C31H41NO5. The van der Waals surface area contributed by atoms with Crippen LogP contribution in [-0.4, -0.2) is 59.0 Å². The average Bonchev–Trinajstić information content (AvgIpc) is 3.12. The van der Waals surface area contributed by atoms with E-state index in [1.54, 1.807) is 0 Å². The summed E-state index contributed by atoms with van der Waals surface area (Å²) >= 11 is 0. The number of aliphatic hydroxyl groups is 1. The summed E-state index contributed by atoms with van der Waals surface area (Å²) in [7, 11) is 0. The summed E-state index contributed by atoms with van der Waals surface area (Å²) in [6.45, 7) is 3.29. The third kappa shape index (κ3) is 7.99. The number of carbonyl (C=O) groups is 1. The van der Waals surface area contributed by atoms with Gasteiger partial charge in [-0.1, -0.05) is 73.5 Å². The van der Waals surface area contributed by atoms with Crippen molar-refractivity contribution in [1.29, 1.82) is 0 Å². The van der Waals surface area contributed by atoms with Gasteiger partial charge in [0.05, 0.1) is 32.0 Å². The Morgan fingerprint density at radius 1 is 0.946 bits per heavy atom.